The molecule has 0 saturated heterocycles. The maximum atomic E-state index is 13.3. The highest BCUT2D eigenvalue weighted by molar-refractivity contribution is 6.31. The van der Waals surface area contributed by atoms with E-state index in [0.717, 1.165) is 10.5 Å². The Hall–Kier alpha value is -3.64. The van der Waals surface area contributed by atoms with E-state index in [2.05, 4.69) is 0 Å². The Morgan fingerprint density at radius 3 is 2.30 bits per heavy atom. The van der Waals surface area contributed by atoms with Gasteiger partial charge in [0.25, 0.3) is 11.8 Å². The summed E-state index contributed by atoms with van der Waals surface area (Å²) in [6.45, 7) is -0.147. The molecule has 0 bridgehead atoms. The van der Waals surface area contributed by atoms with Crippen LogP contribution in [0.4, 0.5) is 5.69 Å². The van der Waals surface area contributed by atoms with Gasteiger partial charge in [0.1, 0.15) is 12.3 Å². The van der Waals surface area contributed by atoms with Crippen molar-refractivity contribution in [1.82, 2.24) is 4.90 Å². The number of anilines is 1. The highest BCUT2D eigenvalue weighted by atomic mass is 35.5. The van der Waals surface area contributed by atoms with Gasteiger partial charge in [-0.2, -0.15) is 0 Å². The molecule has 0 unspecified atom stereocenters. The van der Waals surface area contributed by atoms with E-state index in [1.807, 2.05) is 24.3 Å². The number of benzene rings is 3. The van der Waals surface area contributed by atoms with Gasteiger partial charge < -0.3 is 9.64 Å². The van der Waals surface area contributed by atoms with Gasteiger partial charge in [0.2, 0.25) is 5.91 Å². The number of imide groups is 1. The molecule has 0 saturated carbocycles. The van der Waals surface area contributed by atoms with Gasteiger partial charge in [-0.05, 0) is 36.4 Å². The molecule has 0 aromatic heterocycles. The summed E-state index contributed by atoms with van der Waals surface area (Å²) < 4.78 is 6.00. The van der Waals surface area contributed by atoms with E-state index < -0.39 is 17.7 Å². The number of hydrogen-bond acceptors (Lipinski definition) is 4. The van der Waals surface area contributed by atoms with Crippen molar-refractivity contribution in [1.29, 1.82) is 0 Å². The lowest BCUT2D eigenvalue weighted by atomic mass is 10.1. The van der Waals surface area contributed by atoms with Crippen LogP contribution < -0.4 is 9.64 Å². The Morgan fingerprint density at radius 2 is 1.57 bits per heavy atom. The molecular formula is C23H15ClN2O4. The first kappa shape index (κ1) is 18.4. The number of amides is 3. The number of nitrogens with zero attached hydrogens (tertiary/aromatic N) is 2. The molecule has 0 spiro atoms. The first-order valence-corrected chi connectivity index (χ1v) is 9.71. The topological polar surface area (TPSA) is 66.9 Å². The molecule has 3 aromatic carbocycles. The zero-order chi connectivity index (χ0) is 20.8. The van der Waals surface area contributed by atoms with Gasteiger partial charge in [-0.3, -0.25) is 19.3 Å². The van der Waals surface area contributed by atoms with Crippen molar-refractivity contribution in [2.75, 3.05) is 11.4 Å². The van der Waals surface area contributed by atoms with E-state index in [0.29, 0.717) is 33.3 Å². The minimum Gasteiger partial charge on any atom is -0.455 e. The standard InChI is InChI=1S/C23H15ClN2O4/c24-15-9-10-20-18(11-15)25(12-14-5-1-4-8-19(14)30-20)21(27)13-26-22(28)16-6-2-3-7-17(16)23(26)29/h1-11H,12-13H2. The zero-order valence-corrected chi connectivity index (χ0v) is 16.4. The summed E-state index contributed by atoms with van der Waals surface area (Å²) in [6.07, 6.45) is 0. The van der Waals surface area contributed by atoms with E-state index >= 15 is 0 Å². The number of rotatable bonds is 2. The Kier molecular flexibility index (Phi) is 4.29. The van der Waals surface area contributed by atoms with Crippen molar-refractivity contribution in [2.45, 2.75) is 6.54 Å². The van der Waals surface area contributed by atoms with Crippen LogP contribution in [0.15, 0.2) is 66.7 Å². The first-order valence-electron chi connectivity index (χ1n) is 9.34. The van der Waals surface area contributed by atoms with Crippen molar-refractivity contribution in [2.24, 2.45) is 0 Å². The van der Waals surface area contributed by atoms with Crippen LogP contribution in [-0.2, 0) is 11.3 Å². The average Bonchev–Trinajstić information content (AvgIpc) is 2.90. The lowest BCUT2D eigenvalue weighted by Gasteiger charge is -2.24. The number of halogens is 1. The minimum atomic E-state index is -0.471. The molecule has 2 aliphatic rings. The number of carbonyl (C=O) groups excluding carboxylic acids is 3. The molecule has 30 heavy (non-hydrogen) atoms. The number of carbonyl (C=O) groups is 3. The normalized spacial score (nSPS) is 14.6. The molecule has 2 aliphatic heterocycles. The van der Waals surface area contributed by atoms with Gasteiger partial charge in [0.05, 0.1) is 23.4 Å². The number of hydrogen-bond donors (Lipinski definition) is 0. The second-order valence-corrected chi connectivity index (χ2v) is 7.48. The lowest BCUT2D eigenvalue weighted by Crippen LogP contribution is -2.42. The third-order valence-electron chi connectivity index (χ3n) is 5.21. The molecule has 3 amide bonds. The molecule has 0 fully saturated rings. The fourth-order valence-corrected chi connectivity index (χ4v) is 3.89. The van der Waals surface area contributed by atoms with Crippen molar-refractivity contribution in [3.63, 3.8) is 0 Å². The van der Waals surface area contributed by atoms with Gasteiger partial charge >= 0.3 is 0 Å². The predicted molar refractivity (Wildman–Crippen MR) is 111 cm³/mol. The Morgan fingerprint density at radius 1 is 0.900 bits per heavy atom. The van der Waals surface area contributed by atoms with Gasteiger partial charge in [0, 0.05) is 10.6 Å². The van der Waals surface area contributed by atoms with Crippen LogP contribution in [0.1, 0.15) is 26.3 Å². The number of para-hydroxylation sites is 1. The summed E-state index contributed by atoms with van der Waals surface area (Å²) >= 11 is 6.18. The fraction of sp³-hybridized carbons (Fsp3) is 0.0870. The maximum Gasteiger partial charge on any atom is 0.262 e. The molecule has 6 nitrogen and oxygen atoms in total. The van der Waals surface area contributed by atoms with Crippen LogP contribution in [0.3, 0.4) is 0 Å². The van der Waals surface area contributed by atoms with E-state index in [1.165, 1.54) is 4.90 Å². The van der Waals surface area contributed by atoms with Crippen molar-refractivity contribution in [3.05, 3.63) is 88.4 Å². The SMILES string of the molecule is O=C1c2ccccc2C(=O)N1CC(=O)N1Cc2ccccc2Oc2ccc(Cl)cc21. The number of fused-ring (bicyclic) bond motifs is 3. The average molecular weight is 419 g/mol. The van der Waals surface area contributed by atoms with Crippen LogP contribution in [0.2, 0.25) is 5.02 Å². The van der Waals surface area contributed by atoms with Crippen LogP contribution in [0, 0.1) is 0 Å². The Bertz CT molecular complexity index is 1190. The molecule has 5 rings (SSSR count). The van der Waals surface area contributed by atoms with Gasteiger partial charge in [0.15, 0.2) is 5.75 Å². The highest BCUT2D eigenvalue weighted by Gasteiger charge is 2.38. The van der Waals surface area contributed by atoms with Crippen LogP contribution in [-0.4, -0.2) is 29.2 Å². The second-order valence-electron chi connectivity index (χ2n) is 7.04. The quantitative estimate of drug-likeness (QED) is 0.583. The summed E-state index contributed by atoms with van der Waals surface area (Å²) in [5.41, 5.74) is 1.91. The molecule has 0 radical (unpaired) electrons. The summed E-state index contributed by atoms with van der Waals surface area (Å²) in [4.78, 5) is 41.2. The maximum absolute atomic E-state index is 13.3. The zero-order valence-electron chi connectivity index (χ0n) is 15.7. The van der Waals surface area contributed by atoms with Crippen LogP contribution >= 0.6 is 11.6 Å². The third kappa shape index (κ3) is 2.93. The van der Waals surface area contributed by atoms with Crippen molar-refractivity contribution >= 4 is 35.0 Å². The largest absolute Gasteiger partial charge is 0.455 e. The molecule has 3 aromatic rings. The molecule has 2 heterocycles. The summed E-state index contributed by atoms with van der Waals surface area (Å²) in [5.74, 6) is -0.242. The van der Waals surface area contributed by atoms with Crippen LogP contribution in [0.5, 0.6) is 11.5 Å². The lowest BCUT2D eigenvalue weighted by molar-refractivity contribution is -0.119. The third-order valence-corrected chi connectivity index (χ3v) is 5.44. The van der Waals surface area contributed by atoms with Gasteiger partial charge in [-0.1, -0.05) is 41.9 Å². The molecule has 7 heteroatoms. The molecule has 0 aliphatic carbocycles. The van der Waals surface area contributed by atoms with Crippen molar-refractivity contribution < 1.29 is 19.1 Å². The van der Waals surface area contributed by atoms with Crippen molar-refractivity contribution in [3.8, 4) is 11.5 Å². The predicted octanol–water partition coefficient (Wildman–Crippen LogP) is 4.28. The highest BCUT2D eigenvalue weighted by Crippen LogP contribution is 2.40. The van der Waals surface area contributed by atoms with E-state index in [4.69, 9.17) is 16.3 Å². The smallest absolute Gasteiger partial charge is 0.262 e. The molecule has 148 valence electrons. The fourth-order valence-electron chi connectivity index (χ4n) is 3.72. The van der Waals surface area contributed by atoms with E-state index in [1.54, 1.807) is 42.5 Å². The molecule has 0 N–H and O–H groups in total. The van der Waals surface area contributed by atoms with Gasteiger partial charge in [-0.25, -0.2) is 0 Å². The summed E-state index contributed by atoms with van der Waals surface area (Å²) in [6, 6.07) is 19.0. The monoisotopic (exact) mass is 418 g/mol. The molecular weight excluding hydrogens is 404 g/mol. The minimum absolute atomic E-state index is 0.228. The Balaban J connectivity index is 1.50. The van der Waals surface area contributed by atoms with Crippen LogP contribution in [0.25, 0.3) is 0 Å². The van der Waals surface area contributed by atoms with E-state index in [9.17, 15) is 14.4 Å². The number of ether oxygens (including phenoxy) is 1. The second kappa shape index (κ2) is 7.00. The summed E-state index contributed by atoms with van der Waals surface area (Å²) in [5, 5.41) is 0.446. The first-order chi connectivity index (χ1) is 14.5. The van der Waals surface area contributed by atoms with Gasteiger partial charge in [-0.15, -0.1) is 0 Å². The Labute approximate surface area is 177 Å². The molecule has 0 atom stereocenters. The van der Waals surface area contributed by atoms with E-state index in [-0.39, 0.29) is 13.1 Å². The summed E-state index contributed by atoms with van der Waals surface area (Å²) in [7, 11) is 0.